The van der Waals surface area contributed by atoms with Crippen LogP contribution in [-0.4, -0.2) is 44.9 Å². The molecule has 1 aliphatic rings. The van der Waals surface area contributed by atoms with Gasteiger partial charge in [0.2, 0.25) is 0 Å². The Bertz CT molecular complexity index is 1200. The number of aromatic nitrogens is 2. The van der Waals surface area contributed by atoms with Crippen LogP contribution < -0.4 is 4.74 Å². The molecule has 2 aromatic carbocycles. The van der Waals surface area contributed by atoms with Gasteiger partial charge in [0.1, 0.15) is 17.1 Å². The van der Waals surface area contributed by atoms with Crippen molar-refractivity contribution in [2.24, 2.45) is 0 Å². The fourth-order valence-electron chi connectivity index (χ4n) is 4.66. The smallest absolute Gasteiger partial charge is 0.273 e. The fourth-order valence-corrected chi connectivity index (χ4v) is 5.12. The minimum atomic E-state index is -0.441. The highest BCUT2D eigenvalue weighted by Gasteiger charge is 2.43. The number of nitrogens with zero attached hydrogens (tertiary/aromatic N) is 2. The van der Waals surface area contributed by atoms with E-state index in [1.807, 2.05) is 24.8 Å². The first-order chi connectivity index (χ1) is 15.8. The Balaban J connectivity index is 1.93. The molecule has 0 saturated heterocycles. The minimum absolute atomic E-state index is 0.00257. The van der Waals surface area contributed by atoms with E-state index < -0.39 is 6.04 Å². The zero-order valence-electron chi connectivity index (χ0n) is 19.2. The van der Waals surface area contributed by atoms with Gasteiger partial charge in [-0.25, -0.2) is 0 Å². The molecule has 2 heterocycles. The second-order valence-electron chi connectivity index (χ2n) is 8.50. The molecule has 1 aliphatic heterocycles. The average Bonchev–Trinajstić information content (AvgIpc) is 3.29. The summed E-state index contributed by atoms with van der Waals surface area (Å²) >= 11 is 3.41. The molecule has 3 aromatic rings. The first-order valence-electron chi connectivity index (χ1n) is 11.0. The Labute approximate surface area is 201 Å². The largest absolute Gasteiger partial charge is 0.507 e. The standard InChI is InChI=1S/C25H28BrN3O4/c1-5-6-7-8-29-23(15-11-16(26)24(31)18(12-15)33-4)20-21(27-28-22(20)25(29)32)19-14(3)9-13(2)10-17(19)30/h9-12,23,30-31H,5-8H2,1-4H3,(H,27,28). The van der Waals surface area contributed by atoms with E-state index in [4.69, 9.17) is 4.74 Å². The summed E-state index contributed by atoms with van der Waals surface area (Å²) in [6, 6.07) is 6.80. The number of carbonyl (C=O) groups is 1. The number of aryl methyl sites for hydroxylation is 2. The van der Waals surface area contributed by atoms with Crippen LogP contribution in [0.1, 0.15) is 65.0 Å². The molecule has 0 spiro atoms. The molecule has 7 nitrogen and oxygen atoms in total. The second kappa shape index (κ2) is 9.09. The van der Waals surface area contributed by atoms with Gasteiger partial charge < -0.3 is 19.8 Å². The summed E-state index contributed by atoms with van der Waals surface area (Å²) in [6.45, 7) is 6.55. The normalized spacial score (nSPS) is 15.2. The number of hydrogen-bond acceptors (Lipinski definition) is 5. The molecule has 0 saturated carbocycles. The molecule has 174 valence electrons. The molecule has 1 aromatic heterocycles. The summed E-state index contributed by atoms with van der Waals surface area (Å²) in [4.78, 5) is 15.3. The molecular weight excluding hydrogens is 486 g/mol. The molecule has 8 heteroatoms. The predicted molar refractivity (Wildman–Crippen MR) is 130 cm³/mol. The number of methoxy groups -OCH3 is 1. The highest BCUT2D eigenvalue weighted by Crippen LogP contribution is 2.48. The quantitative estimate of drug-likeness (QED) is 0.356. The zero-order valence-corrected chi connectivity index (χ0v) is 20.8. The number of nitrogens with one attached hydrogen (secondary N) is 1. The molecule has 0 aliphatic carbocycles. The topological polar surface area (TPSA) is 98.7 Å². The van der Waals surface area contributed by atoms with Gasteiger partial charge in [-0.05, 0) is 71.1 Å². The van der Waals surface area contributed by atoms with Crippen molar-refractivity contribution in [2.75, 3.05) is 13.7 Å². The number of aromatic amines is 1. The van der Waals surface area contributed by atoms with Crippen molar-refractivity contribution in [3.8, 4) is 28.5 Å². The number of unbranched alkanes of at least 4 members (excludes halogenated alkanes) is 2. The molecule has 0 radical (unpaired) electrons. The predicted octanol–water partition coefficient (Wildman–Crippen LogP) is 5.61. The van der Waals surface area contributed by atoms with E-state index in [0.29, 0.717) is 33.7 Å². The van der Waals surface area contributed by atoms with Gasteiger partial charge in [-0.3, -0.25) is 9.89 Å². The first kappa shape index (κ1) is 23.2. The van der Waals surface area contributed by atoms with Gasteiger partial charge in [-0.2, -0.15) is 5.10 Å². The van der Waals surface area contributed by atoms with Crippen LogP contribution in [0.4, 0.5) is 0 Å². The molecule has 1 amide bonds. The van der Waals surface area contributed by atoms with Crippen molar-refractivity contribution in [1.82, 2.24) is 15.1 Å². The van der Waals surface area contributed by atoms with Crippen molar-refractivity contribution in [1.29, 1.82) is 0 Å². The van der Waals surface area contributed by atoms with Crippen molar-refractivity contribution >= 4 is 21.8 Å². The Morgan fingerprint density at radius 2 is 1.94 bits per heavy atom. The highest BCUT2D eigenvalue weighted by atomic mass is 79.9. The summed E-state index contributed by atoms with van der Waals surface area (Å²) < 4.78 is 5.85. The van der Waals surface area contributed by atoms with Crippen LogP contribution in [0.2, 0.25) is 0 Å². The maximum atomic E-state index is 13.4. The van der Waals surface area contributed by atoms with Crippen LogP contribution in [-0.2, 0) is 0 Å². The van der Waals surface area contributed by atoms with Gasteiger partial charge >= 0.3 is 0 Å². The lowest BCUT2D eigenvalue weighted by Crippen LogP contribution is -2.30. The van der Waals surface area contributed by atoms with E-state index in [2.05, 4.69) is 33.1 Å². The number of phenolic OH excluding ortho intramolecular Hbond substituents is 2. The van der Waals surface area contributed by atoms with Crippen LogP contribution in [0, 0.1) is 13.8 Å². The number of hydrogen-bond donors (Lipinski definition) is 3. The Hall–Kier alpha value is -3.00. The average molecular weight is 514 g/mol. The lowest BCUT2D eigenvalue weighted by Gasteiger charge is -2.27. The van der Waals surface area contributed by atoms with Gasteiger partial charge in [-0.15, -0.1) is 0 Å². The zero-order chi connectivity index (χ0) is 23.9. The third kappa shape index (κ3) is 3.97. The monoisotopic (exact) mass is 513 g/mol. The second-order valence-corrected chi connectivity index (χ2v) is 9.35. The Kier molecular flexibility index (Phi) is 6.38. The maximum Gasteiger partial charge on any atom is 0.273 e. The maximum absolute atomic E-state index is 13.4. The van der Waals surface area contributed by atoms with Crippen LogP contribution >= 0.6 is 15.9 Å². The van der Waals surface area contributed by atoms with Gasteiger partial charge in [-0.1, -0.05) is 25.8 Å². The summed E-state index contributed by atoms with van der Waals surface area (Å²) in [5.41, 5.74) is 4.92. The number of carbonyl (C=O) groups excluding carboxylic acids is 1. The van der Waals surface area contributed by atoms with Crippen molar-refractivity contribution in [3.05, 3.63) is 56.7 Å². The molecule has 0 bridgehead atoms. The highest BCUT2D eigenvalue weighted by molar-refractivity contribution is 9.10. The summed E-state index contributed by atoms with van der Waals surface area (Å²) in [7, 11) is 1.49. The summed E-state index contributed by atoms with van der Waals surface area (Å²) in [6.07, 6.45) is 2.92. The van der Waals surface area contributed by atoms with Crippen LogP contribution in [0.15, 0.2) is 28.7 Å². The van der Waals surface area contributed by atoms with Gasteiger partial charge in [0.15, 0.2) is 11.5 Å². The Morgan fingerprint density at radius 1 is 1.18 bits per heavy atom. The van der Waals surface area contributed by atoms with Crippen LogP contribution in [0.25, 0.3) is 11.3 Å². The van der Waals surface area contributed by atoms with Gasteiger partial charge in [0.05, 0.1) is 17.6 Å². The van der Waals surface area contributed by atoms with E-state index in [-0.39, 0.29) is 17.4 Å². The lowest BCUT2D eigenvalue weighted by atomic mass is 9.93. The van der Waals surface area contributed by atoms with Crippen molar-refractivity contribution in [2.45, 2.75) is 46.1 Å². The number of H-pyrrole nitrogens is 1. The third-order valence-electron chi connectivity index (χ3n) is 6.15. The molecule has 1 unspecified atom stereocenters. The summed E-state index contributed by atoms with van der Waals surface area (Å²) in [5.74, 6) is 0.315. The molecule has 0 fully saturated rings. The van der Waals surface area contributed by atoms with Crippen LogP contribution in [0.3, 0.4) is 0 Å². The molecule has 1 atom stereocenters. The SMILES string of the molecule is CCCCCN1C(=O)c2[nH]nc(-c3c(C)cc(C)cc3O)c2C1c1cc(Br)c(O)c(OC)c1. The first-order valence-corrected chi connectivity index (χ1v) is 11.8. The minimum Gasteiger partial charge on any atom is -0.507 e. The molecular formula is C25H28BrN3O4. The van der Waals surface area contributed by atoms with E-state index in [1.54, 1.807) is 18.2 Å². The van der Waals surface area contributed by atoms with Gasteiger partial charge in [0, 0.05) is 17.7 Å². The molecule has 4 rings (SSSR count). The van der Waals surface area contributed by atoms with E-state index in [9.17, 15) is 15.0 Å². The number of amides is 1. The van der Waals surface area contributed by atoms with Crippen molar-refractivity contribution < 1.29 is 19.7 Å². The van der Waals surface area contributed by atoms with Crippen LogP contribution in [0.5, 0.6) is 17.2 Å². The Morgan fingerprint density at radius 3 is 2.61 bits per heavy atom. The summed E-state index contributed by atoms with van der Waals surface area (Å²) in [5, 5.41) is 28.5. The van der Waals surface area contributed by atoms with E-state index in [1.165, 1.54) is 7.11 Å². The van der Waals surface area contributed by atoms with Gasteiger partial charge in [0.25, 0.3) is 5.91 Å². The number of halogens is 1. The number of fused-ring (bicyclic) bond motifs is 1. The number of ether oxygens (including phenoxy) is 1. The molecule has 3 N–H and O–H groups in total. The third-order valence-corrected chi connectivity index (χ3v) is 6.75. The van der Waals surface area contributed by atoms with Crippen molar-refractivity contribution in [3.63, 3.8) is 0 Å². The number of benzene rings is 2. The number of aromatic hydroxyl groups is 2. The molecule has 33 heavy (non-hydrogen) atoms. The fraction of sp³-hybridized carbons (Fsp3) is 0.360. The lowest BCUT2D eigenvalue weighted by molar-refractivity contribution is 0.0740. The van der Waals surface area contributed by atoms with E-state index >= 15 is 0 Å². The van der Waals surface area contributed by atoms with E-state index in [0.717, 1.165) is 41.5 Å². The number of phenols is 2. The number of rotatable bonds is 7.